The Morgan fingerprint density at radius 3 is 2.00 bits per heavy atom. The number of hydrogen-bond acceptors (Lipinski definition) is 2. The first-order chi connectivity index (χ1) is 5.75. The highest BCUT2D eigenvalue weighted by Crippen LogP contribution is 2.21. The molecule has 80 valence electrons. The van der Waals surface area contributed by atoms with Crippen molar-refractivity contribution in [3.05, 3.63) is 0 Å². The van der Waals surface area contributed by atoms with Gasteiger partial charge in [0.1, 0.15) is 0 Å². The monoisotopic (exact) mass is 187 g/mol. The SMILES string of the molecule is CC(C)CN(C)CC(C)(C)C(C)O. The van der Waals surface area contributed by atoms with E-state index in [-0.39, 0.29) is 11.5 Å². The lowest BCUT2D eigenvalue weighted by molar-refractivity contribution is 0.0385. The zero-order chi connectivity index (χ0) is 10.6. The van der Waals surface area contributed by atoms with Crippen LogP contribution in [0.15, 0.2) is 0 Å². The first-order valence-corrected chi connectivity index (χ1v) is 5.12. The molecule has 0 bridgehead atoms. The Labute approximate surface area is 82.9 Å². The summed E-state index contributed by atoms with van der Waals surface area (Å²) >= 11 is 0. The number of rotatable bonds is 5. The molecule has 1 N–H and O–H groups in total. The molecule has 0 amide bonds. The normalized spacial score (nSPS) is 15.5. The molecule has 0 saturated carbocycles. The maximum atomic E-state index is 9.54. The molecule has 0 radical (unpaired) electrons. The fourth-order valence-electron chi connectivity index (χ4n) is 1.52. The zero-order valence-corrected chi connectivity index (χ0v) is 9.96. The van der Waals surface area contributed by atoms with Gasteiger partial charge in [-0.2, -0.15) is 0 Å². The van der Waals surface area contributed by atoms with E-state index >= 15 is 0 Å². The smallest absolute Gasteiger partial charge is 0.0575 e. The van der Waals surface area contributed by atoms with Gasteiger partial charge in [-0.1, -0.05) is 27.7 Å². The van der Waals surface area contributed by atoms with Gasteiger partial charge < -0.3 is 10.0 Å². The predicted molar refractivity (Wildman–Crippen MR) is 57.8 cm³/mol. The van der Waals surface area contributed by atoms with E-state index in [0.717, 1.165) is 13.1 Å². The van der Waals surface area contributed by atoms with Crippen molar-refractivity contribution in [3.8, 4) is 0 Å². The van der Waals surface area contributed by atoms with E-state index in [1.165, 1.54) is 0 Å². The minimum absolute atomic E-state index is 0.0103. The van der Waals surface area contributed by atoms with Gasteiger partial charge in [-0.15, -0.1) is 0 Å². The lowest BCUT2D eigenvalue weighted by atomic mass is 9.87. The molecule has 0 rings (SSSR count). The van der Waals surface area contributed by atoms with Crippen molar-refractivity contribution >= 4 is 0 Å². The first-order valence-electron chi connectivity index (χ1n) is 5.12. The van der Waals surface area contributed by atoms with Crippen molar-refractivity contribution in [2.24, 2.45) is 11.3 Å². The maximum absolute atomic E-state index is 9.54. The Morgan fingerprint density at radius 2 is 1.69 bits per heavy atom. The molecular weight excluding hydrogens is 162 g/mol. The van der Waals surface area contributed by atoms with Crippen molar-refractivity contribution in [1.82, 2.24) is 4.90 Å². The molecule has 0 heterocycles. The van der Waals surface area contributed by atoms with Crippen LogP contribution < -0.4 is 0 Å². The highest BCUT2D eigenvalue weighted by Gasteiger charge is 2.25. The van der Waals surface area contributed by atoms with Crippen LogP contribution in [0.2, 0.25) is 0 Å². The van der Waals surface area contributed by atoms with Crippen LogP contribution in [-0.2, 0) is 0 Å². The van der Waals surface area contributed by atoms with Gasteiger partial charge in [0.05, 0.1) is 6.10 Å². The van der Waals surface area contributed by atoms with Crippen LogP contribution in [-0.4, -0.2) is 36.2 Å². The summed E-state index contributed by atoms with van der Waals surface area (Å²) in [7, 11) is 2.12. The Kier molecular flexibility index (Phi) is 4.93. The van der Waals surface area contributed by atoms with Crippen LogP contribution in [0.1, 0.15) is 34.6 Å². The molecule has 0 spiro atoms. The lowest BCUT2D eigenvalue weighted by Gasteiger charge is -2.33. The standard InChI is InChI=1S/C11H25NO/c1-9(2)7-12(6)8-11(4,5)10(3)13/h9-10,13H,7-8H2,1-6H3. The molecule has 2 nitrogen and oxygen atoms in total. The molecule has 0 aliphatic rings. The first kappa shape index (κ1) is 12.9. The highest BCUT2D eigenvalue weighted by atomic mass is 16.3. The van der Waals surface area contributed by atoms with Gasteiger partial charge in [0.2, 0.25) is 0 Å². The molecule has 0 aromatic heterocycles. The van der Waals surface area contributed by atoms with E-state index in [0.29, 0.717) is 5.92 Å². The molecule has 0 fully saturated rings. The highest BCUT2D eigenvalue weighted by molar-refractivity contribution is 4.77. The van der Waals surface area contributed by atoms with Crippen molar-refractivity contribution in [3.63, 3.8) is 0 Å². The fourth-order valence-corrected chi connectivity index (χ4v) is 1.52. The van der Waals surface area contributed by atoms with Crippen molar-refractivity contribution < 1.29 is 5.11 Å². The minimum Gasteiger partial charge on any atom is -0.393 e. The molecule has 0 aromatic rings. The molecule has 13 heavy (non-hydrogen) atoms. The summed E-state index contributed by atoms with van der Waals surface area (Å²) in [6.07, 6.45) is -0.248. The van der Waals surface area contributed by atoms with Crippen LogP contribution >= 0.6 is 0 Å². The number of nitrogens with zero attached hydrogens (tertiary/aromatic N) is 1. The number of aliphatic hydroxyl groups excluding tert-OH is 1. The second kappa shape index (κ2) is 4.97. The van der Waals surface area contributed by atoms with Crippen LogP contribution in [0.4, 0.5) is 0 Å². The summed E-state index contributed by atoms with van der Waals surface area (Å²) in [6.45, 7) is 12.5. The van der Waals surface area contributed by atoms with Crippen LogP contribution in [0, 0.1) is 11.3 Å². The third kappa shape index (κ3) is 5.27. The number of aliphatic hydroxyl groups is 1. The van der Waals surface area contributed by atoms with Crippen LogP contribution in [0.3, 0.4) is 0 Å². The summed E-state index contributed by atoms with van der Waals surface area (Å²) in [5.41, 5.74) is -0.0103. The average Bonchev–Trinajstić information content (AvgIpc) is 1.82. The molecule has 2 heteroatoms. The average molecular weight is 187 g/mol. The fraction of sp³-hybridized carbons (Fsp3) is 1.00. The van der Waals surface area contributed by atoms with Gasteiger partial charge in [0.25, 0.3) is 0 Å². The zero-order valence-electron chi connectivity index (χ0n) is 9.96. The lowest BCUT2D eigenvalue weighted by Crippen LogP contribution is -2.39. The Bertz CT molecular complexity index is 141. The number of hydrogen-bond donors (Lipinski definition) is 1. The van der Waals surface area contributed by atoms with Crippen molar-refractivity contribution in [2.75, 3.05) is 20.1 Å². The minimum atomic E-state index is -0.248. The Balaban J connectivity index is 3.96. The topological polar surface area (TPSA) is 23.5 Å². The molecule has 0 aromatic carbocycles. The van der Waals surface area contributed by atoms with E-state index < -0.39 is 0 Å². The van der Waals surface area contributed by atoms with E-state index in [9.17, 15) is 5.11 Å². The van der Waals surface area contributed by atoms with E-state index in [4.69, 9.17) is 0 Å². The van der Waals surface area contributed by atoms with Crippen LogP contribution in [0.25, 0.3) is 0 Å². The summed E-state index contributed by atoms with van der Waals surface area (Å²) < 4.78 is 0. The van der Waals surface area contributed by atoms with E-state index in [1.807, 2.05) is 6.92 Å². The second-order valence-electron chi connectivity index (χ2n) is 5.26. The van der Waals surface area contributed by atoms with Gasteiger partial charge in [0.15, 0.2) is 0 Å². The van der Waals surface area contributed by atoms with Crippen molar-refractivity contribution in [1.29, 1.82) is 0 Å². The van der Waals surface area contributed by atoms with Gasteiger partial charge in [-0.3, -0.25) is 0 Å². The van der Waals surface area contributed by atoms with E-state index in [1.54, 1.807) is 0 Å². The third-order valence-electron chi connectivity index (χ3n) is 2.49. The predicted octanol–water partition coefficient (Wildman–Crippen LogP) is 1.98. The van der Waals surface area contributed by atoms with Gasteiger partial charge in [-0.25, -0.2) is 0 Å². The largest absolute Gasteiger partial charge is 0.393 e. The molecular formula is C11H25NO. The molecule has 0 aliphatic carbocycles. The van der Waals surface area contributed by atoms with Gasteiger partial charge in [0, 0.05) is 18.5 Å². The van der Waals surface area contributed by atoms with Gasteiger partial charge in [-0.05, 0) is 19.9 Å². The quantitative estimate of drug-likeness (QED) is 0.711. The molecule has 1 unspecified atom stereocenters. The maximum Gasteiger partial charge on any atom is 0.0575 e. The third-order valence-corrected chi connectivity index (χ3v) is 2.49. The summed E-state index contributed by atoms with van der Waals surface area (Å²) in [5.74, 6) is 0.690. The molecule has 0 aliphatic heterocycles. The summed E-state index contributed by atoms with van der Waals surface area (Å²) in [5, 5.41) is 9.54. The second-order valence-corrected chi connectivity index (χ2v) is 5.26. The summed E-state index contributed by atoms with van der Waals surface area (Å²) in [4.78, 5) is 2.29. The summed E-state index contributed by atoms with van der Waals surface area (Å²) in [6, 6.07) is 0. The Hall–Kier alpha value is -0.0800. The molecule has 1 atom stereocenters. The van der Waals surface area contributed by atoms with E-state index in [2.05, 4.69) is 39.6 Å². The molecule has 0 saturated heterocycles. The van der Waals surface area contributed by atoms with Crippen LogP contribution in [0.5, 0.6) is 0 Å². The van der Waals surface area contributed by atoms with Crippen molar-refractivity contribution in [2.45, 2.75) is 40.7 Å². The Morgan fingerprint density at radius 1 is 1.23 bits per heavy atom. The van der Waals surface area contributed by atoms with Gasteiger partial charge >= 0.3 is 0 Å².